The van der Waals surface area contributed by atoms with Crippen LogP contribution in [-0.4, -0.2) is 36.1 Å². The maximum atomic E-state index is 11.1. The fourth-order valence-electron chi connectivity index (χ4n) is 5.57. The van der Waals surface area contributed by atoms with E-state index in [-0.39, 0.29) is 5.41 Å². The van der Waals surface area contributed by atoms with Gasteiger partial charge in [0.2, 0.25) is 0 Å². The smallest absolute Gasteiger partial charge is 0.335 e. The van der Waals surface area contributed by atoms with Crippen LogP contribution in [0, 0.1) is 16.7 Å². The van der Waals surface area contributed by atoms with Gasteiger partial charge in [-0.05, 0) is 73.2 Å². The van der Waals surface area contributed by atoms with Crippen molar-refractivity contribution in [3.63, 3.8) is 0 Å². The van der Waals surface area contributed by atoms with Gasteiger partial charge in [-0.1, -0.05) is 32.9 Å². The van der Waals surface area contributed by atoms with Gasteiger partial charge in [-0.3, -0.25) is 0 Å². The van der Waals surface area contributed by atoms with Gasteiger partial charge >= 0.3 is 5.97 Å². The molecule has 0 bridgehead atoms. The molecule has 1 aliphatic heterocycles. The van der Waals surface area contributed by atoms with E-state index in [1.807, 2.05) is 12.1 Å². The van der Waals surface area contributed by atoms with Crippen molar-refractivity contribution in [2.75, 3.05) is 20.1 Å². The SMILES string of the molecule is CN1CCC2C(C)(C)C(c3ccc(C(=O)O)cc3)CC[C@]2(C)C1. The average Bonchev–Trinajstić information content (AvgIpc) is 2.46. The van der Waals surface area contributed by atoms with E-state index in [0.29, 0.717) is 16.9 Å². The average molecular weight is 315 g/mol. The Labute approximate surface area is 139 Å². The molecule has 1 N–H and O–H groups in total. The summed E-state index contributed by atoms with van der Waals surface area (Å²) in [6, 6.07) is 7.59. The van der Waals surface area contributed by atoms with E-state index in [1.165, 1.54) is 37.9 Å². The number of fused-ring (bicyclic) bond motifs is 1. The first-order valence-electron chi connectivity index (χ1n) is 8.76. The van der Waals surface area contributed by atoms with Gasteiger partial charge in [-0.2, -0.15) is 0 Å². The summed E-state index contributed by atoms with van der Waals surface area (Å²) in [5.41, 5.74) is 2.35. The summed E-state index contributed by atoms with van der Waals surface area (Å²) in [5.74, 6) is 0.401. The van der Waals surface area contributed by atoms with Gasteiger partial charge in [0.1, 0.15) is 0 Å². The van der Waals surface area contributed by atoms with Crippen molar-refractivity contribution < 1.29 is 9.90 Å². The van der Waals surface area contributed by atoms with Gasteiger partial charge in [0, 0.05) is 6.54 Å². The Morgan fingerprint density at radius 3 is 2.43 bits per heavy atom. The molecule has 0 amide bonds. The lowest BCUT2D eigenvalue weighted by Crippen LogP contribution is -2.54. The lowest BCUT2D eigenvalue weighted by atomic mass is 9.49. The third kappa shape index (κ3) is 2.80. The predicted molar refractivity (Wildman–Crippen MR) is 92.9 cm³/mol. The van der Waals surface area contributed by atoms with Gasteiger partial charge in [-0.25, -0.2) is 4.79 Å². The molecule has 3 atom stereocenters. The molecule has 3 rings (SSSR count). The van der Waals surface area contributed by atoms with Crippen LogP contribution in [-0.2, 0) is 0 Å². The second-order valence-corrected chi connectivity index (χ2v) is 8.57. The molecule has 1 aromatic rings. The first-order chi connectivity index (χ1) is 10.7. The second kappa shape index (κ2) is 5.62. The Morgan fingerprint density at radius 2 is 1.83 bits per heavy atom. The first kappa shape index (κ1) is 16.5. The van der Waals surface area contributed by atoms with Gasteiger partial charge in [0.05, 0.1) is 5.56 Å². The van der Waals surface area contributed by atoms with E-state index in [2.05, 4.69) is 32.7 Å². The van der Waals surface area contributed by atoms with E-state index in [4.69, 9.17) is 5.11 Å². The molecule has 1 saturated carbocycles. The van der Waals surface area contributed by atoms with E-state index in [9.17, 15) is 4.79 Å². The summed E-state index contributed by atoms with van der Waals surface area (Å²) in [7, 11) is 2.24. The monoisotopic (exact) mass is 315 g/mol. The molecular formula is C20H29NO2. The molecule has 1 aromatic carbocycles. The zero-order valence-electron chi connectivity index (χ0n) is 14.8. The number of hydrogen-bond acceptors (Lipinski definition) is 2. The standard InChI is InChI=1S/C20H29NO2/c1-19(2)16(14-5-7-15(8-6-14)18(22)23)9-11-20(3)13-21(4)12-10-17(19)20/h5-8,16-17H,9-13H2,1-4H3,(H,22,23)/t16?,17?,20-/m1/s1. The van der Waals surface area contributed by atoms with Crippen molar-refractivity contribution >= 4 is 5.97 Å². The first-order valence-corrected chi connectivity index (χ1v) is 8.76. The van der Waals surface area contributed by atoms with Crippen LogP contribution in [0.1, 0.15) is 61.9 Å². The molecule has 2 aliphatic rings. The Kier molecular flexibility index (Phi) is 4.04. The number of benzene rings is 1. The van der Waals surface area contributed by atoms with Crippen molar-refractivity contribution in [2.45, 2.75) is 46.0 Å². The molecule has 0 radical (unpaired) electrons. The zero-order chi connectivity index (χ0) is 16.8. The summed E-state index contributed by atoms with van der Waals surface area (Å²) in [4.78, 5) is 13.6. The van der Waals surface area contributed by atoms with Crippen LogP contribution >= 0.6 is 0 Å². The molecule has 126 valence electrons. The topological polar surface area (TPSA) is 40.5 Å². The maximum absolute atomic E-state index is 11.1. The van der Waals surface area contributed by atoms with Gasteiger partial charge < -0.3 is 10.0 Å². The molecule has 0 aromatic heterocycles. The highest BCUT2D eigenvalue weighted by Crippen LogP contribution is 2.59. The lowest BCUT2D eigenvalue weighted by Gasteiger charge is -2.58. The van der Waals surface area contributed by atoms with Gasteiger partial charge in [-0.15, -0.1) is 0 Å². The third-order valence-corrected chi connectivity index (χ3v) is 6.63. The molecule has 2 fully saturated rings. The molecule has 23 heavy (non-hydrogen) atoms. The van der Waals surface area contributed by atoms with Crippen molar-refractivity contribution in [3.8, 4) is 0 Å². The van der Waals surface area contributed by atoms with Crippen molar-refractivity contribution in [1.82, 2.24) is 4.90 Å². The Morgan fingerprint density at radius 1 is 1.17 bits per heavy atom. The van der Waals surface area contributed by atoms with Crippen molar-refractivity contribution in [2.24, 2.45) is 16.7 Å². The summed E-state index contributed by atoms with van der Waals surface area (Å²) in [6.07, 6.45) is 3.72. The van der Waals surface area contributed by atoms with Crippen molar-refractivity contribution in [1.29, 1.82) is 0 Å². The highest BCUT2D eigenvalue weighted by molar-refractivity contribution is 5.87. The Hall–Kier alpha value is -1.35. The molecule has 1 aliphatic carbocycles. The lowest BCUT2D eigenvalue weighted by molar-refractivity contribution is -0.0687. The number of carboxylic acids is 1. The number of carbonyl (C=O) groups is 1. The second-order valence-electron chi connectivity index (χ2n) is 8.57. The van der Waals surface area contributed by atoms with Crippen LogP contribution in [0.15, 0.2) is 24.3 Å². The summed E-state index contributed by atoms with van der Waals surface area (Å²) in [5, 5.41) is 9.10. The molecule has 2 unspecified atom stereocenters. The number of rotatable bonds is 2. The van der Waals surface area contributed by atoms with Crippen LogP contribution in [0.5, 0.6) is 0 Å². The fourth-order valence-corrected chi connectivity index (χ4v) is 5.57. The van der Waals surface area contributed by atoms with Crippen LogP contribution < -0.4 is 0 Å². The summed E-state index contributed by atoms with van der Waals surface area (Å²) in [6.45, 7) is 9.71. The molecule has 0 spiro atoms. The number of piperidine rings is 1. The van der Waals surface area contributed by atoms with E-state index in [0.717, 1.165) is 5.92 Å². The highest BCUT2D eigenvalue weighted by Gasteiger charge is 2.52. The number of hydrogen-bond donors (Lipinski definition) is 1. The minimum atomic E-state index is -0.845. The molecule has 1 saturated heterocycles. The molecule has 3 heteroatoms. The zero-order valence-corrected chi connectivity index (χ0v) is 14.8. The third-order valence-electron chi connectivity index (χ3n) is 6.63. The number of nitrogens with zero attached hydrogens (tertiary/aromatic N) is 1. The van der Waals surface area contributed by atoms with E-state index < -0.39 is 5.97 Å². The quantitative estimate of drug-likeness (QED) is 0.887. The number of carboxylic acid groups (broad SMARTS) is 1. The summed E-state index contributed by atoms with van der Waals surface area (Å²) >= 11 is 0. The molecular weight excluding hydrogens is 286 g/mol. The van der Waals surface area contributed by atoms with Crippen LogP contribution in [0.3, 0.4) is 0 Å². The summed E-state index contributed by atoms with van der Waals surface area (Å²) < 4.78 is 0. The van der Waals surface area contributed by atoms with Crippen LogP contribution in [0.2, 0.25) is 0 Å². The van der Waals surface area contributed by atoms with Crippen molar-refractivity contribution in [3.05, 3.63) is 35.4 Å². The highest BCUT2D eigenvalue weighted by atomic mass is 16.4. The largest absolute Gasteiger partial charge is 0.478 e. The Bertz CT molecular complexity index is 592. The minimum absolute atomic E-state index is 0.249. The Balaban J connectivity index is 1.89. The molecule has 1 heterocycles. The minimum Gasteiger partial charge on any atom is -0.478 e. The van der Waals surface area contributed by atoms with Gasteiger partial charge in [0.15, 0.2) is 0 Å². The number of likely N-dealkylation sites (tertiary alicyclic amines) is 1. The van der Waals surface area contributed by atoms with E-state index in [1.54, 1.807) is 12.1 Å². The van der Waals surface area contributed by atoms with E-state index >= 15 is 0 Å². The molecule has 3 nitrogen and oxygen atoms in total. The van der Waals surface area contributed by atoms with Crippen LogP contribution in [0.4, 0.5) is 0 Å². The fraction of sp³-hybridized carbons (Fsp3) is 0.650. The number of aromatic carboxylic acids is 1. The van der Waals surface area contributed by atoms with Crippen LogP contribution in [0.25, 0.3) is 0 Å². The normalized spacial score (nSPS) is 33.9. The predicted octanol–water partition coefficient (Wildman–Crippen LogP) is 4.25. The van der Waals surface area contributed by atoms with Gasteiger partial charge in [0.25, 0.3) is 0 Å². The maximum Gasteiger partial charge on any atom is 0.335 e.